The summed E-state index contributed by atoms with van der Waals surface area (Å²) in [7, 11) is 1.63. The van der Waals surface area contributed by atoms with Gasteiger partial charge in [0.25, 0.3) is 5.91 Å². The topological polar surface area (TPSA) is 47.6 Å². The predicted molar refractivity (Wildman–Crippen MR) is 85.0 cm³/mol. The van der Waals surface area contributed by atoms with Gasteiger partial charge in [-0.3, -0.25) is 4.79 Å². The van der Waals surface area contributed by atoms with E-state index >= 15 is 0 Å². The highest BCUT2D eigenvalue weighted by Crippen LogP contribution is 2.49. The average molecular weight is 303 g/mol. The molecule has 4 nitrogen and oxygen atoms in total. The molecule has 4 atom stereocenters. The third-order valence-electron chi connectivity index (χ3n) is 5.25. The van der Waals surface area contributed by atoms with Crippen LogP contribution in [0, 0.1) is 17.8 Å². The molecular weight excluding hydrogens is 278 g/mol. The van der Waals surface area contributed by atoms with Crippen LogP contribution in [0.15, 0.2) is 24.3 Å². The quantitative estimate of drug-likeness (QED) is 0.879. The molecule has 2 aliphatic rings. The first-order chi connectivity index (χ1) is 10.7. The Balaban J connectivity index is 1.43. The molecule has 0 saturated heterocycles. The first-order valence-electron chi connectivity index (χ1n) is 8.22. The summed E-state index contributed by atoms with van der Waals surface area (Å²) in [4.78, 5) is 12.1. The zero-order chi connectivity index (χ0) is 15.5. The van der Waals surface area contributed by atoms with Gasteiger partial charge >= 0.3 is 0 Å². The summed E-state index contributed by atoms with van der Waals surface area (Å²) >= 11 is 0. The number of rotatable bonds is 6. The summed E-state index contributed by atoms with van der Waals surface area (Å²) in [5, 5.41) is 3.11. The van der Waals surface area contributed by atoms with Crippen LogP contribution in [-0.2, 0) is 4.79 Å². The minimum Gasteiger partial charge on any atom is -0.497 e. The van der Waals surface area contributed by atoms with Crippen molar-refractivity contribution in [3.8, 4) is 11.5 Å². The summed E-state index contributed by atoms with van der Waals surface area (Å²) in [6.07, 6.45) is 5.39. The zero-order valence-corrected chi connectivity index (χ0v) is 13.4. The molecule has 0 radical (unpaired) electrons. The van der Waals surface area contributed by atoms with E-state index in [-0.39, 0.29) is 18.6 Å². The predicted octanol–water partition coefficient (Wildman–Crippen LogP) is 3.01. The maximum atomic E-state index is 12.1. The van der Waals surface area contributed by atoms with Crippen LogP contribution in [0.3, 0.4) is 0 Å². The molecule has 1 aromatic rings. The van der Waals surface area contributed by atoms with Crippen LogP contribution in [0.25, 0.3) is 0 Å². The van der Waals surface area contributed by atoms with Gasteiger partial charge in [0.15, 0.2) is 6.61 Å². The normalized spacial score (nSPS) is 27.5. The fraction of sp³-hybridized carbons (Fsp3) is 0.611. The lowest BCUT2D eigenvalue weighted by molar-refractivity contribution is -0.124. The molecule has 2 fully saturated rings. The monoisotopic (exact) mass is 303 g/mol. The molecule has 1 aromatic carbocycles. The van der Waals surface area contributed by atoms with Crippen LogP contribution < -0.4 is 14.8 Å². The molecule has 120 valence electrons. The Morgan fingerprint density at radius 2 is 1.95 bits per heavy atom. The smallest absolute Gasteiger partial charge is 0.258 e. The molecule has 2 bridgehead atoms. The highest BCUT2D eigenvalue weighted by molar-refractivity contribution is 5.77. The minimum absolute atomic E-state index is 0.0360. The van der Waals surface area contributed by atoms with Crippen LogP contribution >= 0.6 is 0 Å². The lowest BCUT2D eigenvalue weighted by Gasteiger charge is -2.28. The van der Waals surface area contributed by atoms with E-state index in [2.05, 4.69) is 12.2 Å². The Bertz CT molecular complexity index is 514. The number of hydrogen-bond acceptors (Lipinski definition) is 3. The number of hydrogen-bond donors (Lipinski definition) is 1. The maximum absolute atomic E-state index is 12.1. The molecule has 3 rings (SSSR count). The molecule has 0 aliphatic heterocycles. The van der Waals surface area contributed by atoms with Gasteiger partial charge in [0.1, 0.15) is 11.5 Å². The third-order valence-corrected chi connectivity index (χ3v) is 5.25. The van der Waals surface area contributed by atoms with Gasteiger partial charge < -0.3 is 14.8 Å². The van der Waals surface area contributed by atoms with Crippen LogP contribution in [-0.4, -0.2) is 25.7 Å². The fourth-order valence-electron chi connectivity index (χ4n) is 4.13. The van der Waals surface area contributed by atoms with Gasteiger partial charge in [-0.1, -0.05) is 6.42 Å². The van der Waals surface area contributed by atoms with Crippen molar-refractivity contribution in [1.29, 1.82) is 0 Å². The minimum atomic E-state index is -0.0360. The van der Waals surface area contributed by atoms with Gasteiger partial charge in [0.2, 0.25) is 0 Å². The molecule has 1 N–H and O–H groups in total. The standard InChI is InChI=1S/C18H25NO3/c1-12(17-10-13-3-4-14(17)9-13)19-18(20)11-22-16-7-5-15(21-2)6-8-16/h5-8,12-14,17H,3-4,9-11H2,1-2H3,(H,19,20)/t12-,13-,14-,17+/m0/s1. The Morgan fingerprint density at radius 3 is 2.55 bits per heavy atom. The van der Waals surface area contributed by atoms with Gasteiger partial charge in [-0.2, -0.15) is 0 Å². The van der Waals surface area contributed by atoms with Gasteiger partial charge in [0.05, 0.1) is 7.11 Å². The van der Waals surface area contributed by atoms with Gasteiger partial charge in [0, 0.05) is 6.04 Å². The van der Waals surface area contributed by atoms with Crippen molar-refractivity contribution in [3.63, 3.8) is 0 Å². The largest absolute Gasteiger partial charge is 0.497 e. The zero-order valence-electron chi connectivity index (χ0n) is 13.4. The number of methoxy groups -OCH3 is 1. The van der Waals surface area contributed by atoms with Crippen molar-refractivity contribution in [3.05, 3.63) is 24.3 Å². The molecule has 1 amide bonds. The molecule has 2 saturated carbocycles. The first kappa shape index (κ1) is 15.2. The second-order valence-corrected chi connectivity index (χ2v) is 6.66. The summed E-state index contributed by atoms with van der Waals surface area (Å²) in [5.41, 5.74) is 0. The van der Waals surface area contributed by atoms with Crippen molar-refractivity contribution < 1.29 is 14.3 Å². The lowest BCUT2D eigenvalue weighted by atomic mass is 9.84. The Kier molecular flexibility index (Phi) is 4.55. The molecule has 4 heteroatoms. The summed E-state index contributed by atoms with van der Waals surface area (Å²) in [5.74, 6) is 3.81. The molecular formula is C18H25NO3. The SMILES string of the molecule is COc1ccc(OCC(=O)N[C@@H](C)[C@H]2C[C@H]3CC[C@H]2C3)cc1. The maximum Gasteiger partial charge on any atom is 0.258 e. The molecule has 0 unspecified atom stereocenters. The Morgan fingerprint density at radius 1 is 1.23 bits per heavy atom. The van der Waals surface area contributed by atoms with E-state index in [1.54, 1.807) is 7.11 Å². The number of ether oxygens (including phenoxy) is 2. The average Bonchev–Trinajstić information content (AvgIpc) is 3.16. The number of nitrogens with one attached hydrogen (secondary N) is 1. The molecule has 0 heterocycles. The Hall–Kier alpha value is -1.71. The van der Waals surface area contributed by atoms with E-state index in [4.69, 9.17) is 9.47 Å². The Labute approximate surface area is 132 Å². The van der Waals surface area contributed by atoms with E-state index in [1.165, 1.54) is 25.7 Å². The number of carbonyl (C=O) groups is 1. The highest BCUT2D eigenvalue weighted by Gasteiger charge is 2.42. The molecule has 22 heavy (non-hydrogen) atoms. The van der Waals surface area contributed by atoms with Gasteiger partial charge in [-0.05, 0) is 68.2 Å². The summed E-state index contributed by atoms with van der Waals surface area (Å²) in [6.45, 7) is 2.20. The van der Waals surface area contributed by atoms with Crippen LogP contribution in [0.2, 0.25) is 0 Å². The number of fused-ring (bicyclic) bond motifs is 2. The molecule has 0 spiro atoms. The number of amides is 1. The van der Waals surface area contributed by atoms with Crippen molar-refractivity contribution in [2.45, 2.75) is 38.6 Å². The van der Waals surface area contributed by atoms with Gasteiger partial charge in [-0.15, -0.1) is 0 Å². The van der Waals surface area contributed by atoms with Crippen molar-refractivity contribution >= 4 is 5.91 Å². The van der Waals surface area contributed by atoms with Gasteiger partial charge in [-0.25, -0.2) is 0 Å². The second-order valence-electron chi connectivity index (χ2n) is 6.66. The lowest BCUT2D eigenvalue weighted by Crippen LogP contribution is -2.42. The van der Waals surface area contributed by atoms with Crippen LogP contribution in [0.1, 0.15) is 32.6 Å². The molecule has 0 aromatic heterocycles. The van der Waals surface area contributed by atoms with Crippen LogP contribution in [0.4, 0.5) is 0 Å². The number of benzene rings is 1. The summed E-state index contributed by atoms with van der Waals surface area (Å²) in [6, 6.07) is 7.52. The van der Waals surface area contributed by atoms with E-state index in [0.717, 1.165) is 17.6 Å². The van der Waals surface area contributed by atoms with E-state index in [1.807, 2.05) is 24.3 Å². The first-order valence-corrected chi connectivity index (χ1v) is 8.22. The highest BCUT2D eigenvalue weighted by atomic mass is 16.5. The van der Waals surface area contributed by atoms with E-state index in [9.17, 15) is 4.79 Å². The number of carbonyl (C=O) groups excluding carboxylic acids is 1. The fourth-order valence-corrected chi connectivity index (χ4v) is 4.13. The van der Waals surface area contributed by atoms with E-state index in [0.29, 0.717) is 11.7 Å². The van der Waals surface area contributed by atoms with Crippen molar-refractivity contribution in [1.82, 2.24) is 5.32 Å². The van der Waals surface area contributed by atoms with Crippen molar-refractivity contribution in [2.75, 3.05) is 13.7 Å². The second kappa shape index (κ2) is 6.59. The summed E-state index contributed by atoms with van der Waals surface area (Å²) < 4.78 is 10.6. The van der Waals surface area contributed by atoms with E-state index < -0.39 is 0 Å². The van der Waals surface area contributed by atoms with Crippen molar-refractivity contribution in [2.24, 2.45) is 17.8 Å². The molecule has 2 aliphatic carbocycles. The third kappa shape index (κ3) is 3.37. The van der Waals surface area contributed by atoms with Crippen LogP contribution in [0.5, 0.6) is 11.5 Å².